The van der Waals surface area contributed by atoms with Gasteiger partial charge in [-0.15, -0.1) is 11.3 Å². The number of aryl methyl sites for hydroxylation is 1. The molecule has 1 N–H and O–H groups in total. The molecule has 0 amide bonds. The zero-order valence-corrected chi connectivity index (χ0v) is 16.2. The number of hydrogen-bond acceptors (Lipinski definition) is 3. The van der Waals surface area contributed by atoms with Crippen molar-refractivity contribution in [3.05, 3.63) is 64.0 Å². The molecule has 2 aromatic carbocycles. The predicted octanol–water partition coefficient (Wildman–Crippen LogP) is 6.39. The van der Waals surface area contributed by atoms with Gasteiger partial charge in [-0.3, -0.25) is 4.79 Å². The fraction of sp³-hybridized carbons (Fsp3) is 0.286. The number of rotatable bonds is 6. The van der Waals surface area contributed by atoms with E-state index in [9.17, 15) is 23.1 Å². The normalized spacial score (nSPS) is 12.9. The second kappa shape index (κ2) is 7.83. The largest absolute Gasteiger partial charge is 0.489 e. The van der Waals surface area contributed by atoms with Crippen LogP contribution in [0.15, 0.2) is 41.8 Å². The zero-order valence-electron chi connectivity index (χ0n) is 15.3. The number of hydrogen-bond donors (Lipinski definition) is 1. The molecule has 0 bridgehead atoms. The number of carbonyl (C=O) groups is 1. The highest BCUT2D eigenvalue weighted by molar-refractivity contribution is 7.17. The summed E-state index contributed by atoms with van der Waals surface area (Å²) in [4.78, 5) is 11.4. The second-order valence-corrected chi connectivity index (χ2v) is 7.49. The van der Waals surface area contributed by atoms with E-state index in [-0.39, 0.29) is 6.61 Å². The Morgan fingerprint density at radius 3 is 2.57 bits per heavy atom. The lowest BCUT2D eigenvalue weighted by atomic mass is 9.96. The summed E-state index contributed by atoms with van der Waals surface area (Å²) in [5, 5.41) is 12.1. The monoisotopic (exact) mass is 408 g/mol. The van der Waals surface area contributed by atoms with Crippen LogP contribution in [-0.2, 0) is 17.6 Å². The number of carboxylic acid groups (broad SMARTS) is 1. The molecule has 0 saturated heterocycles. The lowest BCUT2D eigenvalue weighted by Crippen LogP contribution is -2.09. The van der Waals surface area contributed by atoms with Crippen molar-refractivity contribution in [2.45, 2.75) is 39.0 Å². The second-order valence-electron chi connectivity index (χ2n) is 6.58. The fourth-order valence-corrected chi connectivity index (χ4v) is 4.15. The molecule has 0 fully saturated rings. The molecule has 3 aromatic rings. The van der Waals surface area contributed by atoms with Gasteiger partial charge in [0.05, 0.1) is 11.5 Å². The lowest BCUT2D eigenvalue weighted by molar-refractivity contribution is -0.139. The van der Waals surface area contributed by atoms with Crippen molar-refractivity contribution >= 4 is 27.4 Å². The van der Waals surface area contributed by atoms with Gasteiger partial charge in [0.1, 0.15) is 12.4 Å². The third-order valence-corrected chi connectivity index (χ3v) is 5.69. The lowest BCUT2D eigenvalue weighted by Gasteiger charge is -2.12. The van der Waals surface area contributed by atoms with Gasteiger partial charge in [0.25, 0.3) is 0 Å². The zero-order chi connectivity index (χ0) is 20.5. The first-order chi connectivity index (χ1) is 13.2. The molecule has 0 spiro atoms. The number of benzene rings is 2. The van der Waals surface area contributed by atoms with E-state index in [1.807, 2.05) is 24.4 Å². The Morgan fingerprint density at radius 2 is 1.96 bits per heavy atom. The molecule has 0 aliphatic heterocycles. The van der Waals surface area contributed by atoms with Crippen LogP contribution in [-0.4, -0.2) is 11.1 Å². The number of halogens is 3. The minimum absolute atomic E-state index is 0.153. The first-order valence-electron chi connectivity index (χ1n) is 8.74. The fourth-order valence-electron chi connectivity index (χ4n) is 3.11. The Bertz CT molecular complexity index is 1010. The maximum Gasteiger partial charge on any atom is 0.416 e. The molecule has 28 heavy (non-hydrogen) atoms. The minimum atomic E-state index is -4.36. The molecule has 1 heterocycles. The number of alkyl halides is 3. The molecular weight excluding hydrogens is 389 g/mol. The van der Waals surface area contributed by atoms with E-state index in [0.29, 0.717) is 23.3 Å². The molecule has 0 radical (unpaired) electrons. The van der Waals surface area contributed by atoms with Gasteiger partial charge >= 0.3 is 12.1 Å². The summed E-state index contributed by atoms with van der Waals surface area (Å²) >= 11 is 1.45. The van der Waals surface area contributed by atoms with Crippen molar-refractivity contribution in [2.75, 3.05) is 0 Å². The van der Waals surface area contributed by atoms with Gasteiger partial charge in [-0.25, -0.2) is 0 Å². The van der Waals surface area contributed by atoms with E-state index in [2.05, 4.69) is 0 Å². The van der Waals surface area contributed by atoms with Crippen LogP contribution in [0, 0.1) is 6.92 Å². The van der Waals surface area contributed by atoms with Gasteiger partial charge in [-0.1, -0.05) is 13.0 Å². The third kappa shape index (κ3) is 4.14. The summed E-state index contributed by atoms with van der Waals surface area (Å²) in [6, 6.07) is 9.02. The first kappa shape index (κ1) is 20.2. The Labute approximate surface area is 164 Å². The van der Waals surface area contributed by atoms with Crippen LogP contribution in [0.1, 0.15) is 41.5 Å². The van der Waals surface area contributed by atoms with Crippen LogP contribution in [0.5, 0.6) is 5.75 Å². The molecule has 3 rings (SSSR count). The Balaban J connectivity index is 1.78. The van der Waals surface area contributed by atoms with Gasteiger partial charge in [0.15, 0.2) is 0 Å². The summed E-state index contributed by atoms with van der Waals surface area (Å²) < 4.78 is 45.0. The summed E-state index contributed by atoms with van der Waals surface area (Å²) in [7, 11) is 0. The first-order valence-corrected chi connectivity index (χ1v) is 9.62. The molecule has 1 atom stereocenters. The summed E-state index contributed by atoms with van der Waals surface area (Å²) in [5.74, 6) is -0.806. The molecule has 148 valence electrons. The maximum atomic E-state index is 12.8. The Morgan fingerprint density at radius 1 is 1.21 bits per heavy atom. The van der Waals surface area contributed by atoms with Crippen LogP contribution >= 0.6 is 11.3 Å². The van der Waals surface area contributed by atoms with Crippen molar-refractivity contribution in [1.82, 2.24) is 0 Å². The molecule has 0 aliphatic carbocycles. The average Bonchev–Trinajstić information content (AvgIpc) is 3.03. The van der Waals surface area contributed by atoms with E-state index in [0.717, 1.165) is 27.8 Å². The van der Waals surface area contributed by atoms with Gasteiger partial charge in [0, 0.05) is 4.70 Å². The van der Waals surface area contributed by atoms with Crippen LogP contribution in [0.4, 0.5) is 13.2 Å². The van der Waals surface area contributed by atoms with Crippen molar-refractivity contribution in [3.63, 3.8) is 0 Å². The van der Waals surface area contributed by atoms with Crippen LogP contribution in [0.2, 0.25) is 0 Å². The van der Waals surface area contributed by atoms with Gasteiger partial charge in [-0.2, -0.15) is 13.2 Å². The number of thiophene rings is 1. The van der Waals surface area contributed by atoms with E-state index in [1.165, 1.54) is 17.4 Å². The number of fused-ring (bicyclic) bond motifs is 1. The number of carboxylic acids is 1. The Kier molecular flexibility index (Phi) is 5.65. The summed E-state index contributed by atoms with van der Waals surface area (Å²) in [5.41, 5.74) is 1.31. The van der Waals surface area contributed by atoms with Crippen molar-refractivity contribution in [2.24, 2.45) is 0 Å². The van der Waals surface area contributed by atoms with Crippen molar-refractivity contribution < 1.29 is 27.8 Å². The summed E-state index contributed by atoms with van der Waals surface area (Å²) in [6.07, 6.45) is -3.86. The predicted molar refractivity (Wildman–Crippen MR) is 103 cm³/mol. The third-order valence-electron chi connectivity index (χ3n) is 4.72. The SMILES string of the molecule is CCC(C(=O)O)c1csc2cc(OCc3ccc(C(F)(F)F)cc3C)ccc12. The van der Waals surface area contributed by atoms with E-state index < -0.39 is 23.6 Å². The number of aliphatic carboxylic acids is 1. The number of ether oxygens (including phenoxy) is 1. The van der Waals surface area contributed by atoms with Crippen LogP contribution in [0.25, 0.3) is 10.1 Å². The van der Waals surface area contributed by atoms with E-state index in [4.69, 9.17) is 4.74 Å². The molecule has 3 nitrogen and oxygen atoms in total. The molecule has 0 saturated carbocycles. The van der Waals surface area contributed by atoms with Gasteiger partial charge in [0.2, 0.25) is 0 Å². The van der Waals surface area contributed by atoms with Crippen molar-refractivity contribution in [1.29, 1.82) is 0 Å². The smallest absolute Gasteiger partial charge is 0.416 e. The van der Waals surface area contributed by atoms with E-state index >= 15 is 0 Å². The standard InChI is InChI=1S/C21H19F3O3S/c1-3-16(20(25)26)18-11-28-19-9-15(6-7-17(18)19)27-10-13-4-5-14(8-12(13)2)21(22,23)24/h4-9,11,16H,3,10H2,1-2H3,(H,25,26). The van der Waals surface area contributed by atoms with E-state index in [1.54, 1.807) is 13.0 Å². The van der Waals surface area contributed by atoms with Gasteiger partial charge < -0.3 is 9.84 Å². The van der Waals surface area contributed by atoms with Crippen molar-refractivity contribution in [3.8, 4) is 5.75 Å². The molecule has 1 unspecified atom stereocenters. The van der Waals surface area contributed by atoms with Crippen LogP contribution < -0.4 is 4.74 Å². The van der Waals surface area contributed by atoms with Crippen LogP contribution in [0.3, 0.4) is 0 Å². The summed E-state index contributed by atoms with van der Waals surface area (Å²) in [6.45, 7) is 3.62. The Hall–Kier alpha value is -2.54. The highest BCUT2D eigenvalue weighted by Crippen LogP contribution is 2.35. The molecule has 1 aromatic heterocycles. The topological polar surface area (TPSA) is 46.5 Å². The minimum Gasteiger partial charge on any atom is -0.489 e. The molecule has 0 aliphatic rings. The molecular formula is C21H19F3O3S. The van der Waals surface area contributed by atoms with Gasteiger partial charge in [-0.05, 0) is 71.1 Å². The quantitative estimate of drug-likeness (QED) is 0.514. The average molecular weight is 408 g/mol. The highest BCUT2D eigenvalue weighted by atomic mass is 32.1. The maximum absolute atomic E-state index is 12.8. The highest BCUT2D eigenvalue weighted by Gasteiger charge is 2.30. The molecule has 7 heteroatoms.